The zero-order chi connectivity index (χ0) is 14.2. The minimum atomic E-state index is -1.96. The highest BCUT2D eigenvalue weighted by molar-refractivity contribution is 5.02. The first kappa shape index (κ1) is 13.9. The molecule has 0 bridgehead atoms. The van der Waals surface area contributed by atoms with Gasteiger partial charge in [0, 0.05) is 18.8 Å². The van der Waals surface area contributed by atoms with E-state index < -0.39 is 42.0 Å². The van der Waals surface area contributed by atoms with Crippen LogP contribution in [0, 0.1) is 0 Å². The highest BCUT2D eigenvalue weighted by Gasteiger charge is 2.55. The fourth-order valence-electron chi connectivity index (χ4n) is 2.02. The van der Waals surface area contributed by atoms with Gasteiger partial charge in [-0.1, -0.05) is 0 Å². The Bertz CT molecular complexity index is 567. The number of rotatable bonds is 3. The van der Waals surface area contributed by atoms with Crippen molar-refractivity contribution in [3.05, 3.63) is 33.1 Å². The Labute approximate surface area is 106 Å². The Kier molecular flexibility index (Phi) is 3.54. The van der Waals surface area contributed by atoms with Crippen molar-refractivity contribution in [2.45, 2.75) is 24.1 Å². The van der Waals surface area contributed by atoms with Crippen LogP contribution in [0.4, 0.5) is 4.39 Å². The summed E-state index contributed by atoms with van der Waals surface area (Å²) in [5.41, 5.74) is 2.20. The third-order valence-electron chi connectivity index (χ3n) is 3.21. The number of aliphatic hydroxyl groups is 2. The number of hydrogen-bond acceptors (Lipinski definition) is 6. The van der Waals surface area contributed by atoms with Gasteiger partial charge >= 0.3 is 5.69 Å². The molecule has 0 radical (unpaired) electrons. The second kappa shape index (κ2) is 4.85. The average Bonchev–Trinajstić information content (AvgIpc) is 2.64. The lowest BCUT2D eigenvalue weighted by Gasteiger charge is -2.27. The van der Waals surface area contributed by atoms with Crippen LogP contribution >= 0.6 is 0 Å². The van der Waals surface area contributed by atoms with E-state index in [4.69, 9.17) is 10.5 Å². The Morgan fingerprint density at radius 3 is 2.74 bits per heavy atom. The van der Waals surface area contributed by atoms with Crippen molar-refractivity contribution in [2.75, 3.05) is 13.2 Å². The molecule has 8 nitrogen and oxygen atoms in total. The molecule has 19 heavy (non-hydrogen) atoms. The Hall–Kier alpha value is -1.55. The standard InChI is InChI=1S/C10H14FN3O5/c11-6-7(17)10(3-12,4-15)19-8(6)14-2-1-5(16)13-9(14)18/h1-2,6-8,15,17H,3-4,12H2,(H,13,16,18)/t6-,7+,8?,10-/m1/s1. The Balaban J connectivity index is 2.42. The number of aromatic nitrogens is 2. The minimum Gasteiger partial charge on any atom is -0.393 e. The molecule has 1 saturated heterocycles. The van der Waals surface area contributed by atoms with Gasteiger partial charge in [0.1, 0.15) is 11.7 Å². The lowest BCUT2D eigenvalue weighted by atomic mass is 9.97. The maximum Gasteiger partial charge on any atom is 0.330 e. The highest BCUT2D eigenvalue weighted by atomic mass is 19.1. The maximum atomic E-state index is 14.0. The van der Waals surface area contributed by atoms with Crippen LogP contribution in [0.2, 0.25) is 0 Å². The maximum absolute atomic E-state index is 14.0. The number of hydrogen-bond donors (Lipinski definition) is 4. The summed E-state index contributed by atoms with van der Waals surface area (Å²) in [6, 6.07) is 1.02. The van der Waals surface area contributed by atoms with Gasteiger partial charge in [-0.3, -0.25) is 14.3 Å². The average molecular weight is 275 g/mol. The van der Waals surface area contributed by atoms with E-state index in [1.54, 1.807) is 0 Å². The first-order valence-corrected chi connectivity index (χ1v) is 5.57. The predicted octanol–water partition coefficient (Wildman–Crippen LogP) is -2.55. The fraction of sp³-hybridized carbons (Fsp3) is 0.600. The number of H-pyrrole nitrogens is 1. The topological polar surface area (TPSA) is 131 Å². The summed E-state index contributed by atoms with van der Waals surface area (Å²) in [7, 11) is 0. The molecule has 1 unspecified atom stereocenters. The van der Waals surface area contributed by atoms with E-state index >= 15 is 0 Å². The molecule has 2 heterocycles. The van der Waals surface area contributed by atoms with E-state index in [0.717, 1.165) is 16.8 Å². The van der Waals surface area contributed by atoms with Crippen LogP contribution in [-0.2, 0) is 4.74 Å². The molecule has 0 spiro atoms. The Morgan fingerprint density at radius 2 is 2.26 bits per heavy atom. The summed E-state index contributed by atoms with van der Waals surface area (Å²) in [6.07, 6.45) is -4.05. The molecular weight excluding hydrogens is 261 g/mol. The first-order chi connectivity index (χ1) is 8.95. The molecule has 1 aliphatic heterocycles. The van der Waals surface area contributed by atoms with Gasteiger partial charge in [0.05, 0.1) is 6.61 Å². The molecule has 0 aliphatic carbocycles. The molecular formula is C10H14FN3O5. The summed E-state index contributed by atoms with van der Waals surface area (Å²) >= 11 is 0. The molecule has 1 fully saturated rings. The number of aromatic amines is 1. The Morgan fingerprint density at radius 1 is 1.58 bits per heavy atom. The van der Waals surface area contributed by atoms with Crippen LogP contribution in [-0.4, -0.2) is 50.8 Å². The van der Waals surface area contributed by atoms with Crippen molar-refractivity contribution in [1.82, 2.24) is 9.55 Å². The summed E-state index contributed by atoms with van der Waals surface area (Å²) in [6.45, 7) is -1.01. The van der Waals surface area contributed by atoms with Gasteiger partial charge in [-0.2, -0.15) is 0 Å². The van der Waals surface area contributed by atoms with Crippen molar-refractivity contribution < 1.29 is 19.3 Å². The number of nitrogens with two attached hydrogens (primary N) is 1. The minimum absolute atomic E-state index is 0.320. The molecule has 5 N–H and O–H groups in total. The van der Waals surface area contributed by atoms with Gasteiger partial charge in [0.2, 0.25) is 0 Å². The van der Waals surface area contributed by atoms with Crippen LogP contribution in [0.25, 0.3) is 0 Å². The molecule has 106 valence electrons. The van der Waals surface area contributed by atoms with E-state index in [1.165, 1.54) is 0 Å². The van der Waals surface area contributed by atoms with Crippen LogP contribution < -0.4 is 17.0 Å². The van der Waals surface area contributed by atoms with Gasteiger partial charge in [-0.05, 0) is 0 Å². The third kappa shape index (κ3) is 2.10. The lowest BCUT2D eigenvalue weighted by molar-refractivity contribution is -0.122. The molecule has 2 rings (SSSR count). The molecule has 1 aliphatic rings. The van der Waals surface area contributed by atoms with Crippen molar-refractivity contribution in [3.8, 4) is 0 Å². The highest BCUT2D eigenvalue weighted by Crippen LogP contribution is 2.37. The zero-order valence-corrected chi connectivity index (χ0v) is 9.82. The van der Waals surface area contributed by atoms with E-state index in [9.17, 15) is 24.2 Å². The number of ether oxygens (including phenoxy) is 1. The van der Waals surface area contributed by atoms with Gasteiger partial charge < -0.3 is 20.7 Å². The van der Waals surface area contributed by atoms with E-state index in [1.807, 2.05) is 4.98 Å². The number of nitrogens with zero attached hydrogens (tertiary/aromatic N) is 1. The summed E-state index contributed by atoms with van der Waals surface area (Å²) in [4.78, 5) is 24.4. The third-order valence-corrected chi connectivity index (χ3v) is 3.21. The van der Waals surface area contributed by atoms with Crippen LogP contribution in [0.3, 0.4) is 0 Å². The molecule has 9 heteroatoms. The zero-order valence-electron chi connectivity index (χ0n) is 9.82. The molecule has 1 aromatic rings. The van der Waals surface area contributed by atoms with Crippen molar-refractivity contribution in [2.24, 2.45) is 5.73 Å². The molecule has 0 amide bonds. The van der Waals surface area contributed by atoms with E-state index in [0.29, 0.717) is 0 Å². The number of aliphatic hydroxyl groups excluding tert-OH is 2. The summed E-state index contributed by atoms with van der Waals surface area (Å²) in [5.74, 6) is 0. The fourth-order valence-corrected chi connectivity index (χ4v) is 2.02. The van der Waals surface area contributed by atoms with E-state index in [-0.39, 0.29) is 6.54 Å². The van der Waals surface area contributed by atoms with Crippen LogP contribution in [0.1, 0.15) is 6.23 Å². The molecule has 4 atom stereocenters. The van der Waals surface area contributed by atoms with Crippen molar-refractivity contribution in [1.29, 1.82) is 0 Å². The second-order valence-electron chi connectivity index (χ2n) is 4.34. The van der Waals surface area contributed by atoms with Gasteiger partial charge in [0.15, 0.2) is 12.4 Å². The van der Waals surface area contributed by atoms with E-state index in [2.05, 4.69) is 0 Å². The quantitative estimate of drug-likeness (QED) is 0.480. The summed E-state index contributed by atoms with van der Waals surface area (Å²) < 4.78 is 20.0. The number of alkyl halides is 1. The summed E-state index contributed by atoms with van der Waals surface area (Å²) in [5, 5.41) is 19.0. The molecule has 0 aromatic carbocycles. The SMILES string of the molecule is NC[C@]1(CO)OC(n2ccc(=O)[nH]c2=O)[C@H](F)[C@@H]1O. The van der Waals surface area contributed by atoms with Crippen LogP contribution in [0.15, 0.2) is 21.9 Å². The largest absolute Gasteiger partial charge is 0.393 e. The monoisotopic (exact) mass is 275 g/mol. The smallest absolute Gasteiger partial charge is 0.330 e. The van der Waals surface area contributed by atoms with Crippen molar-refractivity contribution in [3.63, 3.8) is 0 Å². The van der Waals surface area contributed by atoms with Crippen LogP contribution in [0.5, 0.6) is 0 Å². The number of nitrogens with one attached hydrogen (secondary N) is 1. The molecule has 1 aromatic heterocycles. The van der Waals surface area contributed by atoms with Gasteiger partial charge in [0.25, 0.3) is 5.56 Å². The predicted molar refractivity (Wildman–Crippen MR) is 61.2 cm³/mol. The first-order valence-electron chi connectivity index (χ1n) is 5.57. The lowest BCUT2D eigenvalue weighted by Crippen LogP contribution is -2.51. The van der Waals surface area contributed by atoms with Gasteiger partial charge in [-0.25, -0.2) is 9.18 Å². The number of halogens is 1. The van der Waals surface area contributed by atoms with Gasteiger partial charge in [-0.15, -0.1) is 0 Å². The molecule has 0 saturated carbocycles. The van der Waals surface area contributed by atoms with Crippen molar-refractivity contribution >= 4 is 0 Å². The second-order valence-corrected chi connectivity index (χ2v) is 4.34. The normalized spacial score (nSPS) is 34.6.